The van der Waals surface area contributed by atoms with Gasteiger partial charge >= 0.3 is 6.18 Å². The molecule has 0 radical (unpaired) electrons. The summed E-state index contributed by atoms with van der Waals surface area (Å²) in [7, 11) is 1.64. The van der Waals surface area contributed by atoms with Gasteiger partial charge in [-0.25, -0.2) is 4.98 Å². The van der Waals surface area contributed by atoms with Crippen molar-refractivity contribution < 1.29 is 22.6 Å². The molecule has 0 saturated carbocycles. The highest BCUT2D eigenvalue weighted by Gasteiger charge is 2.30. The predicted octanol–water partition coefficient (Wildman–Crippen LogP) is 5.23. The Bertz CT molecular complexity index is 878. The number of methoxy groups -OCH3 is 1. The predicted molar refractivity (Wildman–Crippen MR) is 88.8 cm³/mol. The molecule has 3 aromatic rings. The maximum absolute atomic E-state index is 12.8. The molecule has 0 amide bonds. The van der Waals surface area contributed by atoms with Crippen LogP contribution in [0.15, 0.2) is 54.6 Å². The minimum atomic E-state index is -4.37. The van der Waals surface area contributed by atoms with Crippen molar-refractivity contribution in [2.75, 3.05) is 13.7 Å². The summed E-state index contributed by atoms with van der Waals surface area (Å²) in [5.74, 6) is 0.948. The molecule has 0 bridgehead atoms. The average molecular weight is 347 g/mol. The molecule has 3 rings (SSSR count). The van der Waals surface area contributed by atoms with E-state index in [-0.39, 0.29) is 0 Å². The molecule has 2 aromatic carbocycles. The maximum atomic E-state index is 12.8. The first kappa shape index (κ1) is 17.2. The van der Waals surface area contributed by atoms with E-state index in [1.165, 1.54) is 6.07 Å². The van der Waals surface area contributed by atoms with E-state index in [1.807, 2.05) is 18.2 Å². The lowest BCUT2D eigenvalue weighted by atomic mass is 10.1. The van der Waals surface area contributed by atoms with E-state index >= 15 is 0 Å². The zero-order valence-electron chi connectivity index (χ0n) is 13.5. The third-order valence-electron chi connectivity index (χ3n) is 3.71. The normalized spacial score (nSPS) is 11.7. The molecule has 0 aliphatic rings. The summed E-state index contributed by atoms with van der Waals surface area (Å²) in [5, 5.41) is 0.413. The fourth-order valence-corrected chi connectivity index (χ4v) is 2.45. The monoisotopic (exact) mass is 347 g/mol. The Morgan fingerprint density at radius 2 is 1.84 bits per heavy atom. The molecule has 0 spiro atoms. The SMILES string of the molecule is COCCc1cccc(Oc2ccc3cc(C(F)(F)F)ccc3n2)c1. The molecule has 3 nitrogen and oxygen atoms in total. The van der Waals surface area contributed by atoms with Gasteiger partial charge in [-0.3, -0.25) is 0 Å². The van der Waals surface area contributed by atoms with Gasteiger partial charge in [-0.05, 0) is 48.4 Å². The van der Waals surface area contributed by atoms with E-state index in [0.717, 1.165) is 24.1 Å². The molecule has 0 unspecified atom stereocenters. The second kappa shape index (κ2) is 7.11. The Kier molecular flexibility index (Phi) is 4.90. The quantitative estimate of drug-likeness (QED) is 0.633. The Labute approximate surface area is 143 Å². The van der Waals surface area contributed by atoms with E-state index < -0.39 is 11.7 Å². The topological polar surface area (TPSA) is 31.4 Å². The van der Waals surface area contributed by atoms with Gasteiger partial charge in [-0.2, -0.15) is 13.2 Å². The van der Waals surface area contributed by atoms with Crippen molar-refractivity contribution in [3.05, 3.63) is 65.7 Å². The number of hydrogen-bond donors (Lipinski definition) is 0. The minimum absolute atomic E-state index is 0.330. The van der Waals surface area contributed by atoms with E-state index in [9.17, 15) is 13.2 Å². The lowest BCUT2D eigenvalue weighted by molar-refractivity contribution is -0.137. The number of rotatable bonds is 5. The van der Waals surface area contributed by atoms with Crippen LogP contribution in [0.2, 0.25) is 0 Å². The number of alkyl halides is 3. The number of ether oxygens (including phenoxy) is 2. The summed E-state index contributed by atoms with van der Waals surface area (Å²) in [6.07, 6.45) is -3.61. The molecule has 6 heteroatoms. The second-order valence-corrected chi connectivity index (χ2v) is 5.55. The van der Waals surface area contributed by atoms with Crippen LogP contribution in [0.5, 0.6) is 11.6 Å². The highest BCUT2D eigenvalue weighted by atomic mass is 19.4. The van der Waals surface area contributed by atoms with Gasteiger partial charge in [0.2, 0.25) is 5.88 Å². The highest BCUT2D eigenvalue weighted by molar-refractivity contribution is 5.80. The average Bonchev–Trinajstić information content (AvgIpc) is 2.59. The van der Waals surface area contributed by atoms with Crippen molar-refractivity contribution >= 4 is 10.9 Å². The van der Waals surface area contributed by atoms with Crippen LogP contribution in [0.25, 0.3) is 10.9 Å². The molecule has 0 N–H and O–H groups in total. The lowest BCUT2D eigenvalue weighted by Crippen LogP contribution is -2.04. The van der Waals surface area contributed by atoms with Gasteiger partial charge in [-0.15, -0.1) is 0 Å². The summed E-state index contributed by atoms with van der Waals surface area (Å²) in [6.45, 7) is 0.610. The third-order valence-corrected chi connectivity index (χ3v) is 3.71. The summed E-state index contributed by atoms with van der Waals surface area (Å²) in [6, 6.07) is 14.1. The number of benzene rings is 2. The molecule has 0 atom stereocenters. The first-order chi connectivity index (χ1) is 12.0. The number of nitrogens with zero attached hydrogens (tertiary/aromatic N) is 1. The summed E-state index contributed by atoms with van der Waals surface area (Å²) in [5.41, 5.74) is 0.817. The molecule has 1 heterocycles. The van der Waals surface area contributed by atoms with E-state index in [2.05, 4.69) is 4.98 Å². The Hall–Kier alpha value is -2.60. The van der Waals surface area contributed by atoms with Crippen molar-refractivity contribution in [1.82, 2.24) is 4.98 Å². The van der Waals surface area contributed by atoms with Crippen molar-refractivity contribution in [2.45, 2.75) is 12.6 Å². The van der Waals surface area contributed by atoms with Crippen molar-refractivity contribution in [2.24, 2.45) is 0 Å². The van der Waals surface area contributed by atoms with Crippen LogP contribution in [0.3, 0.4) is 0 Å². The first-order valence-corrected chi connectivity index (χ1v) is 7.69. The Balaban J connectivity index is 1.82. The maximum Gasteiger partial charge on any atom is 0.416 e. The molecule has 0 aliphatic heterocycles. The molecule has 1 aromatic heterocycles. The smallest absolute Gasteiger partial charge is 0.416 e. The number of fused-ring (bicyclic) bond motifs is 1. The fourth-order valence-electron chi connectivity index (χ4n) is 2.45. The zero-order chi connectivity index (χ0) is 17.9. The third kappa shape index (κ3) is 4.28. The molecule has 25 heavy (non-hydrogen) atoms. The Morgan fingerprint density at radius 3 is 2.60 bits per heavy atom. The fraction of sp³-hybridized carbons (Fsp3) is 0.211. The summed E-state index contributed by atoms with van der Waals surface area (Å²) >= 11 is 0. The van der Waals surface area contributed by atoms with Crippen molar-refractivity contribution in [3.8, 4) is 11.6 Å². The number of halogens is 3. The van der Waals surface area contributed by atoms with E-state index in [0.29, 0.717) is 29.1 Å². The van der Waals surface area contributed by atoms with Gasteiger partial charge in [0.05, 0.1) is 17.7 Å². The van der Waals surface area contributed by atoms with Gasteiger partial charge in [0.1, 0.15) is 5.75 Å². The van der Waals surface area contributed by atoms with Gasteiger partial charge in [0.25, 0.3) is 0 Å². The van der Waals surface area contributed by atoms with E-state index in [4.69, 9.17) is 9.47 Å². The van der Waals surface area contributed by atoms with Gasteiger partial charge < -0.3 is 9.47 Å². The van der Waals surface area contributed by atoms with Gasteiger partial charge in [0.15, 0.2) is 0 Å². The molecular formula is C19H16F3NO2. The largest absolute Gasteiger partial charge is 0.439 e. The molecule has 0 aliphatic carbocycles. The summed E-state index contributed by atoms with van der Waals surface area (Å²) < 4.78 is 49.0. The van der Waals surface area contributed by atoms with Crippen LogP contribution in [-0.2, 0) is 17.3 Å². The molecular weight excluding hydrogens is 331 g/mol. The van der Waals surface area contributed by atoms with Crippen LogP contribution in [0.1, 0.15) is 11.1 Å². The van der Waals surface area contributed by atoms with Crippen LogP contribution in [-0.4, -0.2) is 18.7 Å². The number of aromatic nitrogens is 1. The van der Waals surface area contributed by atoms with Gasteiger partial charge in [-0.1, -0.05) is 12.1 Å². The first-order valence-electron chi connectivity index (χ1n) is 7.69. The van der Waals surface area contributed by atoms with E-state index in [1.54, 1.807) is 25.3 Å². The second-order valence-electron chi connectivity index (χ2n) is 5.55. The van der Waals surface area contributed by atoms with Crippen LogP contribution >= 0.6 is 0 Å². The molecule has 130 valence electrons. The highest BCUT2D eigenvalue weighted by Crippen LogP contribution is 2.32. The van der Waals surface area contributed by atoms with Crippen molar-refractivity contribution in [3.63, 3.8) is 0 Å². The van der Waals surface area contributed by atoms with Crippen LogP contribution < -0.4 is 4.74 Å². The standard InChI is InChI=1S/C19H16F3NO2/c1-24-10-9-13-3-2-4-16(11-13)25-18-8-5-14-12-15(19(20,21)22)6-7-17(14)23-18/h2-8,11-12H,9-10H2,1H3. The van der Waals surface area contributed by atoms with Gasteiger partial charge in [0, 0.05) is 18.6 Å². The van der Waals surface area contributed by atoms with Crippen LogP contribution in [0, 0.1) is 0 Å². The number of pyridine rings is 1. The Morgan fingerprint density at radius 1 is 1.00 bits per heavy atom. The molecule has 0 fully saturated rings. The van der Waals surface area contributed by atoms with Crippen LogP contribution in [0.4, 0.5) is 13.2 Å². The summed E-state index contributed by atoms with van der Waals surface area (Å²) in [4.78, 5) is 4.27. The minimum Gasteiger partial charge on any atom is -0.439 e. The van der Waals surface area contributed by atoms with Crippen molar-refractivity contribution in [1.29, 1.82) is 0 Å². The molecule has 0 saturated heterocycles. The lowest BCUT2D eigenvalue weighted by Gasteiger charge is -2.09. The number of hydrogen-bond acceptors (Lipinski definition) is 3. The zero-order valence-corrected chi connectivity index (χ0v) is 13.5.